The summed E-state index contributed by atoms with van der Waals surface area (Å²) < 4.78 is 0. The molecular formula is C27H30ClN3O3. The summed E-state index contributed by atoms with van der Waals surface area (Å²) in [5, 5.41) is 0.434. The first-order chi connectivity index (χ1) is 16.3. The van der Waals surface area contributed by atoms with Crippen molar-refractivity contribution in [3.63, 3.8) is 0 Å². The van der Waals surface area contributed by atoms with Crippen LogP contribution in [0.1, 0.15) is 65.3 Å². The molecule has 0 saturated carbocycles. The number of likely N-dealkylation sites (tertiary alicyclic amines) is 2. The Hall–Kier alpha value is -2.86. The van der Waals surface area contributed by atoms with Crippen molar-refractivity contribution in [3.05, 3.63) is 70.2 Å². The molecule has 1 spiro atoms. The lowest BCUT2D eigenvalue weighted by molar-refractivity contribution is -0.142. The van der Waals surface area contributed by atoms with Crippen LogP contribution in [0, 0.1) is 0 Å². The van der Waals surface area contributed by atoms with Crippen molar-refractivity contribution in [2.45, 2.75) is 50.6 Å². The van der Waals surface area contributed by atoms with Crippen molar-refractivity contribution in [3.8, 4) is 0 Å². The number of benzene rings is 2. The Bertz CT molecular complexity index is 1140. The second-order valence-corrected chi connectivity index (χ2v) is 10.3. The van der Waals surface area contributed by atoms with Crippen LogP contribution in [-0.4, -0.2) is 70.2 Å². The molecule has 2 fully saturated rings. The van der Waals surface area contributed by atoms with Crippen LogP contribution in [-0.2, 0) is 4.79 Å². The Kier molecular flexibility index (Phi) is 5.88. The first-order valence-corrected chi connectivity index (χ1v) is 12.5. The smallest absolute Gasteiger partial charge is 0.255 e. The summed E-state index contributed by atoms with van der Waals surface area (Å²) in [6.07, 6.45) is 2.11. The van der Waals surface area contributed by atoms with Crippen LogP contribution in [0.5, 0.6) is 0 Å². The van der Waals surface area contributed by atoms with E-state index in [0.29, 0.717) is 42.1 Å². The summed E-state index contributed by atoms with van der Waals surface area (Å²) >= 11 is 6.29. The predicted octanol–water partition coefficient (Wildman–Crippen LogP) is 4.20. The molecule has 1 unspecified atom stereocenters. The molecule has 3 aliphatic heterocycles. The van der Waals surface area contributed by atoms with E-state index in [0.717, 1.165) is 25.1 Å². The van der Waals surface area contributed by atoms with Crippen molar-refractivity contribution in [2.24, 2.45) is 0 Å². The Labute approximate surface area is 205 Å². The zero-order chi connectivity index (χ0) is 24.0. The Balaban J connectivity index is 1.53. The number of nitrogens with zero attached hydrogens (tertiary/aromatic N) is 3. The van der Waals surface area contributed by atoms with Crippen LogP contribution in [0.25, 0.3) is 0 Å². The van der Waals surface area contributed by atoms with E-state index < -0.39 is 11.5 Å². The van der Waals surface area contributed by atoms with E-state index >= 15 is 0 Å². The van der Waals surface area contributed by atoms with Crippen LogP contribution < -0.4 is 0 Å². The Morgan fingerprint density at radius 1 is 0.941 bits per heavy atom. The quantitative estimate of drug-likeness (QED) is 0.663. The van der Waals surface area contributed by atoms with Crippen molar-refractivity contribution < 1.29 is 14.4 Å². The minimum Gasteiger partial charge on any atom is -0.342 e. The Morgan fingerprint density at radius 3 is 2.21 bits per heavy atom. The highest BCUT2D eigenvalue weighted by atomic mass is 35.5. The van der Waals surface area contributed by atoms with E-state index in [-0.39, 0.29) is 23.8 Å². The monoisotopic (exact) mass is 479 g/mol. The lowest BCUT2D eigenvalue weighted by Gasteiger charge is -2.57. The molecule has 0 radical (unpaired) electrons. The van der Waals surface area contributed by atoms with Gasteiger partial charge >= 0.3 is 0 Å². The van der Waals surface area contributed by atoms with Gasteiger partial charge in [-0.15, -0.1) is 0 Å². The second kappa shape index (κ2) is 8.73. The van der Waals surface area contributed by atoms with Gasteiger partial charge in [0.15, 0.2) is 0 Å². The van der Waals surface area contributed by atoms with E-state index in [1.165, 1.54) is 0 Å². The van der Waals surface area contributed by atoms with Crippen LogP contribution in [0.2, 0.25) is 5.02 Å². The van der Waals surface area contributed by atoms with Crippen LogP contribution in [0.3, 0.4) is 0 Å². The van der Waals surface area contributed by atoms with Gasteiger partial charge in [0.2, 0.25) is 5.91 Å². The average Bonchev–Trinajstić information content (AvgIpc) is 2.78. The molecule has 0 N–H and O–H groups in total. The molecule has 2 aromatic carbocycles. The maximum absolute atomic E-state index is 13.9. The van der Waals surface area contributed by atoms with Gasteiger partial charge in [-0.2, -0.15) is 0 Å². The molecule has 0 bridgehead atoms. The molecule has 0 aliphatic carbocycles. The molecular weight excluding hydrogens is 450 g/mol. The van der Waals surface area contributed by atoms with Gasteiger partial charge in [-0.1, -0.05) is 41.9 Å². The zero-order valence-electron chi connectivity index (χ0n) is 19.7. The normalized spacial score (nSPS) is 21.5. The highest BCUT2D eigenvalue weighted by Crippen LogP contribution is 2.49. The molecule has 5 rings (SSSR count). The van der Waals surface area contributed by atoms with E-state index in [1.54, 1.807) is 17.0 Å². The van der Waals surface area contributed by atoms with Gasteiger partial charge in [-0.3, -0.25) is 14.4 Å². The van der Waals surface area contributed by atoms with E-state index in [1.807, 2.05) is 60.0 Å². The maximum atomic E-state index is 13.9. The zero-order valence-corrected chi connectivity index (χ0v) is 20.4. The highest BCUT2D eigenvalue weighted by molar-refractivity contribution is 6.33. The van der Waals surface area contributed by atoms with Gasteiger partial charge in [-0.25, -0.2) is 0 Å². The second-order valence-electron chi connectivity index (χ2n) is 9.84. The number of fused-ring (bicyclic) bond motifs is 1. The number of carbonyl (C=O) groups is 3. The van der Waals surface area contributed by atoms with Gasteiger partial charge in [0.1, 0.15) is 0 Å². The van der Waals surface area contributed by atoms with Crippen LogP contribution >= 0.6 is 11.6 Å². The molecule has 7 heteroatoms. The molecule has 34 heavy (non-hydrogen) atoms. The molecule has 2 saturated heterocycles. The summed E-state index contributed by atoms with van der Waals surface area (Å²) in [5.41, 5.74) is 1.27. The largest absolute Gasteiger partial charge is 0.342 e. The molecule has 3 aliphatic rings. The standard InChI is InChI=1S/C27H30ClN3O3/c1-18(2)31-25(33)20-9-4-3-8-19(20)23(26(34)29-14-7-15-29)27(31)12-16-30(17-13-27)24(32)21-10-5-6-11-22(21)28/h3-6,8-11,18,23H,7,12-17H2,1-2H3. The van der Waals surface area contributed by atoms with Gasteiger partial charge in [0.05, 0.1) is 22.0 Å². The molecule has 3 amide bonds. The van der Waals surface area contributed by atoms with Gasteiger partial charge in [-0.05, 0) is 56.9 Å². The van der Waals surface area contributed by atoms with E-state index in [2.05, 4.69) is 0 Å². The van der Waals surface area contributed by atoms with Crippen molar-refractivity contribution >= 4 is 29.3 Å². The molecule has 6 nitrogen and oxygen atoms in total. The number of hydrogen-bond acceptors (Lipinski definition) is 3. The van der Waals surface area contributed by atoms with E-state index in [4.69, 9.17) is 11.6 Å². The maximum Gasteiger partial charge on any atom is 0.255 e. The van der Waals surface area contributed by atoms with Crippen LogP contribution in [0.15, 0.2) is 48.5 Å². The topological polar surface area (TPSA) is 60.9 Å². The third kappa shape index (κ3) is 3.50. The SMILES string of the molecule is CC(C)N1C(=O)c2ccccc2C(C(=O)N2CCC2)C12CCN(C(=O)c1ccccc1Cl)CC2. The third-order valence-electron chi connectivity index (χ3n) is 7.69. The van der Waals surface area contributed by atoms with Crippen molar-refractivity contribution in [1.29, 1.82) is 0 Å². The van der Waals surface area contributed by atoms with Gasteiger partial charge < -0.3 is 14.7 Å². The van der Waals surface area contributed by atoms with E-state index in [9.17, 15) is 14.4 Å². The van der Waals surface area contributed by atoms with Crippen LogP contribution in [0.4, 0.5) is 0 Å². The molecule has 3 heterocycles. The Morgan fingerprint density at radius 2 is 1.59 bits per heavy atom. The number of rotatable bonds is 3. The minimum absolute atomic E-state index is 0.0239. The summed E-state index contributed by atoms with van der Waals surface area (Å²) in [6.45, 7) is 6.49. The average molecular weight is 480 g/mol. The minimum atomic E-state index is -0.663. The molecule has 178 valence electrons. The lowest BCUT2D eigenvalue weighted by atomic mass is 9.66. The van der Waals surface area contributed by atoms with Gasteiger partial charge in [0.25, 0.3) is 11.8 Å². The van der Waals surface area contributed by atoms with Gasteiger partial charge in [0, 0.05) is 37.8 Å². The molecule has 0 aromatic heterocycles. The summed E-state index contributed by atoms with van der Waals surface area (Å²) in [4.78, 5) is 46.5. The first kappa shape index (κ1) is 22.9. The number of hydrogen-bond donors (Lipinski definition) is 0. The van der Waals surface area contributed by atoms with Crippen molar-refractivity contribution in [2.75, 3.05) is 26.2 Å². The number of amides is 3. The van der Waals surface area contributed by atoms with Crippen molar-refractivity contribution in [1.82, 2.24) is 14.7 Å². The predicted molar refractivity (Wildman–Crippen MR) is 131 cm³/mol. The molecule has 1 atom stereocenters. The highest BCUT2D eigenvalue weighted by Gasteiger charge is 2.57. The number of carbonyl (C=O) groups excluding carboxylic acids is 3. The fraction of sp³-hybridized carbons (Fsp3) is 0.444. The summed E-state index contributed by atoms with van der Waals surface area (Å²) in [5.74, 6) is -0.460. The first-order valence-electron chi connectivity index (χ1n) is 12.1. The molecule has 2 aromatic rings. The number of halogens is 1. The summed E-state index contributed by atoms with van der Waals surface area (Å²) in [7, 11) is 0. The number of piperidine rings is 1. The fourth-order valence-corrected chi connectivity index (χ4v) is 6.18. The fourth-order valence-electron chi connectivity index (χ4n) is 5.97. The lowest BCUT2D eigenvalue weighted by Crippen LogP contribution is -2.68. The third-order valence-corrected chi connectivity index (χ3v) is 8.02. The summed E-state index contributed by atoms with van der Waals surface area (Å²) in [6, 6.07) is 14.6.